The fraction of sp³-hybridized carbons (Fsp3) is 0.600. The molecule has 0 amide bonds. The molecule has 0 N–H and O–H groups in total. The summed E-state index contributed by atoms with van der Waals surface area (Å²) < 4.78 is 13.7. The van der Waals surface area contributed by atoms with Gasteiger partial charge in [-0.2, -0.15) is 0 Å². The molecule has 0 radical (unpaired) electrons. The third-order valence-electron chi connectivity index (χ3n) is 3.87. The number of hydrogen-bond acceptors (Lipinski definition) is 5. The number of rotatable bonds is 5. The molecular formula is C15H22N4O2. The molecule has 21 heavy (non-hydrogen) atoms. The smallest absolute Gasteiger partial charge is 0.163 e. The average molecular weight is 290 g/mol. The third-order valence-corrected chi connectivity index (χ3v) is 3.87. The highest BCUT2D eigenvalue weighted by atomic mass is 16.5. The van der Waals surface area contributed by atoms with Gasteiger partial charge in [0.25, 0.3) is 0 Å². The summed E-state index contributed by atoms with van der Waals surface area (Å²) in [7, 11) is 0. The van der Waals surface area contributed by atoms with Crippen molar-refractivity contribution in [3.05, 3.63) is 35.8 Å². The predicted octanol–water partition coefficient (Wildman–Crippen LogP) is 2.03. The highest BCUT2D eigenvalue weighted by molar-refractivity contribution is 5.07. The second-order valence-corrected chi connectivity index (χ2v) is 5.29. The Balaban J connectivity index is 1.65. The second-order valence-electron chi connectivity index (χ2n) is 5.29. The van der Waals surface area contributed by atoms with Crippen LogP contribution in [0.3, 0.4) is 0 Å². The highest BCUT2D eigenvalue weighted by Gasteiger charge is 2.26. The van der Waals surface area contributed by atoms with E-state index in [1.54, 1.807) is 6.33 Å². The van der Waals surface area contributed by atoms with Crippen LogP contribution in [-0.4, -0.2) is 39.4 Å². The van der Waals surface area contributed by atoms with Gasteiger partial charge in [0.15, 0.2) is 5.82 Å². The van der Waals surface area contributed by atoms with E-state index < -0.39 is 0 Å². The molecule has 1 fully saturated rings. The Bertz CT molecular complexity index is 578. The molecule has 1 aliphatic rings. The predicted molar refractivity (Wildman–Crippen MR) is 77.8 cm³/mol. The van der Waals surface area contributed by atoms with E-state index in [-0.39, 0.29) is 6.10 Å². The molecule has 2 aromatic rings. The number of furan rings is 1. The van der Waals surface area contributed by atoms with Crippen LogP contribution >= 0.6 is 0 Å². The minimum absolute atomic E-state index is 0.0122. The average Bonchev–Trinajstić information content (AvgIpc) is 3.15. The van der Waals surface area contributed by atoms with Gasteiger partial charge in [0, 0.05) is 26.1 Å². The molecule has 0 aromatic carbocycles. The van der Waals surface area contributed by atoms with Crippen LogP contribution in [0.4, 0.5) is 0 Å². The van der Waals surface area contributed by atoms with Crippen LogP contribution in [0.25, 0.3) is 0 Å². The summed E-state index contributed by atoms with van der Waals surface area (Å²) in [4.78, 5) is 2.35. The second kappa shape index (κ2) is 6.41. The Labute approximate surface area is 124 Å². The van der Waals surface area contributed by atoms with Gasteiger partial charge in [-0.15, -0.1) is 10.2 Å². The van der Waals surface area contributed by atoms with Crippen LogP contribution in [-0.2, 0) is 24.2 Å². The van der Waals surface area contributed by atoms with Crippen molar-refractivity contribution in [3.63, 3.8) is 0 Å². The SMILES string of the molecule is CCc1ccc(CN2CCO[C@@H](c3nncn3CC)C2)o1. The molecular weight excluding hydrogens is 268 g/mol. The Morgan fingerprint density at radius 3 is 2.90 bits per heavy atom. The zero-order valence-corrected chi connectivity index (χ0v) is 12.7. The standard InChI is InChI=1S/C15H22N4O2/c1-3-12-5-6-13(21-12)9-18-7-8-20-14(10-18)15-17-16-11-19(15)4-2/h5-6,11,14H,3-4,7-10H2,1-2H3/t14-/m1/s1. The van der Waals surface area contributed by atoms with Crippen molar-refractivity contribution in [2.45, 2.75) is 39.5 Å². The lowest BCUT2D eigenvalue weighted by atomic mass is 10.2. The summed E-state index contributed by atoms with van der Waals surface area (Å²) in [6, 6.07) is 4.12. The first-order valence-corrected chi connectivity index (χ1v) is 7.59. The molecule has 1 saturated heterocycles. The van der Waals surface area contributed by atoms with E-state index in [9.17, 15) is 0 Å². The van der Waals surface area contributed by atoms with Gasteiger partial charge in [0.1, 0.15) is 24.0 Å². The van der Waals surface area contributed by atoms with Gasteiger partial charge < -0.3 is 13.7 Å². The van der Waals surface area contributed by atoms with Gasteiger partial charge in [0.2, 0.25) is 0 Å². The maximum Gasteiger partial charge on any atom is 0.163 e. The maximum atomic E-state index is 5.86. The molecule has 0 bridgehead atoms. The van der Waals surface area contributed by atoms with Gasteiger partial charge in [-0.1, -0.05) is 6.92 Å². The molecule has 0 spiro atoms. The summed E-state index contributed by atoms with van der Waals surface area (Å²) in [5.41, 5.74) is 0. The Hall–Kier alpha value is -1.66. The monoisotopic (exact) mass is 290 g/mol. The number of ether oxygens (including phenoxy) is 1. The van der Waals surface area contributed by atoms with Crippen LogP contribution < -0.4 is 0 Å². The molecule has 1 atom stereocenters. The summed E-state index contributed by atoms with van der Waals surface area (Å²) in [6.45, 7) is 8.32. The Kier molecular flexibility index (Phi) is 4.36. The van der Waals surface area contributed by atoms with Crippen molar-refractivity contribution in [1.82, 2.24) is 19.7 Å². The van der Waals surface area contributed by atoms with Gasteiger partial charge in [0.05, 0.1) is 13.2 Å². The number of aryl methyl sites for hydroxylation is 2. The Morgan fingerprint density at radius 1 is 1.29 bits per heavy atom. The summed E-state index contributed by atoms with van der Waals surface area (Å²) in [5.74, 6) is 2.97. The number of hydrogen-bond donors (Lipinski definition) is 0. The molecule has 0 saturated carbocycles. The fourth-order valence-electron chi connectivity index (χ4n) is 2.68. The molecule has 6 heteroatoms. The number of aromatic nitrogens is 3. The topological polar surface area (TPSA) is 56.3 Å². The van der Waals surface area contributed by atoms with Crippen LogP contribution in [0.5, 0.6) is 0 Å². The van der Waals surface area contributed by atoms with Gasteiger partial charge in [-0.3, -0.25) is 4.90 Å². The Morgan fingerprint density at radius 2 is 2.14 bits per heavy atom. The van der Waals surface area contributed by atoms with E-state index >= 15 is 0 Å². The zero-order chi connectivity index (χ0) is 14.7. The van der Waals surface area contributed by atoms with E-state index in [1.807, 2.05) is 4.57 Å². The minimum atomic E-state index is -0.0122. The summed E-state index contributed by atoms with van der Waals surface area (Å²) in [6.07, 6.45) is 2.69. The normalized spacial score (nSPS) is 20.0. The quantitative estimate of drug-likeness (QED) is 0.843. The summed E-state index contributed by atoms with van der Waals surface area (Å²) >= 11 is 0. The third kappa shape index (κ3) is 3.16. The largest absolute Gasteiger partial charge is 0.465 e. The molecule has 0 unspecified atom stereocenters. The van der Waals surface area contributed by atoms with Crippen molar-refractivity contribution < 1.29 is 9.15 Å². The maximum absolute atomic E-state index is 5.86. The van der Waals surface area contributed by atoms with Crippen LogP contribution in [0.1, 0.15) is 37.3 Å². The van der Waals surface area contributed by atoms with Gasteiger partial charge in [-0.05, 0) is 19.1 Å². The molecule has 0 aliphatic carbocycles. The van der Waals surface area contributed by atoms with E-state index in [4.69, 9.17) is 9.15 Å². The van der Waals surface area contributed by atoms with Gasteiger partial charge >= 0.3 is 0 Å². The number of morpholine rings is 1. The van der Waals surface area contributed by atoms with Gasteiger partial charge in [-0.25, -0.2) is 0 Å². The first-order chi connectivity index (χ1) is 10.3. The van der Waals surface area contributed by atoms with Crippen LogP contribution in [0, 0.1) is 0 Å². The molecule has 3 heterocycles. The number of nitrogens with zero attached hydrogens (tertiary/aromatic N) is 4. The minimum Gasteiger partial charge on any atom is -0.465 e. The molecule has 3 rings (SSSR count). The molecule has 6 nitrogen and oxygen atoms in total. The van der Waals surface area contributed by atoms with Crippen molar-refractivity contribution in [1.29, 1.82) is 0 Å². The van der Waals surface area contributed by atoms with Crippen molar-refractivity contribution >= 4 is 0 Å². The first kappa shape index (κ1) is 14.3. The summed E-state index contributed by atoms with van der Waals surface area (Å²) in [5, 5.41) is 8.19. The zero-order valence-electron chi connectivity index (χ0n) is 12.7. The molecule has 1 aliphatic heterocycles. The lowest BCUT2D eigenvalue weighted by molar-refractivity contribution is -0.0406. The lowest BCUT2D eigenvalue weighted by Crippen LogP contribution is -2.38. The molecule has 114 valence electrons. The highest BCUT2D eigenvalue weighted by Crippen LogP contribution is 2.22. The van der Waals surface area contributed by atoms with E-state index in [0.717, 1.165) is 49.9 Å². The lowest BCUT2D eigenvalue weighted by Gasteiger charge is -2.31. The first-order valence-electron chi connectivity index (χ1n) is 7.59. The molecule has 2 aromatic heterocycles. The van der Waals surface area contributed by atoms with E-state index in [2.05, 4.69) is 41.1 Å². The van der Waals surface area contributed by atoms with Crippen molar-refractivity contribution in [2.75, 3.05) is 19.7 Å². The van der Waals surface area contributed by atoms with Crippen LogP contribution in [0.15, 0.2) is 22.9 Å². The van der Waals surface area contributed by atoms with E-state index in [0.29, 0.717) is 6.61 Å². The fourth-order valence-corrected chi connectivity index (χ4v) is 2.68. The van der Waals surface area contributed by atoms with Crippen molar-refractivity contribution in [3.8, 4) is 0 Å². The van der Waals surface area contributed by atoms with Crippen molar-refractivity contribution in [2.24, 2.45) is 0 Å². The van der Waals surface area contributed by atoms with E-state index in [1.165, 1.54) is 0 Å². The van der Waals surface area contributed by atoms with Crippen LogP contribution in [0.2, 0.25) is 0 Å².